The standard InChI is InChI=1S/C17H22N4O2/c1-18-14-3-2-6-21(10-14)9-13-8-19-20-17(13)12-4-5-15-16(7-12)23-11-22-15/h4-5,7-8,14,18H,2-3,6,9-11H2,1H3,(H,19,20). The topological polar surface area (TPSA) is 62.4 Å². The lowest BCUT2D eigenvalue weighted by atomic mass is 10.0. The maximum Gasteiger partial charge on any atom is 0.231 e. The van der Waals surface area contributed by atoms with Crippen molar-refractivity contribution in [3.8, 4) is 22.8 Å². The number of ether oxygens (including phenoxy) is 2. The van der Waals surface area contributed by atoms with Gasteiger partial charge in [-0.2, -0.15) is 5.10 Å². The number of H-pyrrole nitrogens is 1. The minimum atomic E-state index is 0.299. The first-order valence-electron chi connectivity index (χ1n) is 8.15. The molecule has 2 aliphatic rings. The van der Waals surface area contributed by atoms with Gasteiger partial charge in [0.2, 0.25) is 6.79 Å². The van der Waals surface area contributed by atoms with Gasteiger partial charge in [-0.3, -0.25) is 10.00 Å². The first-order chi connectivity index (χ1) is 11.3. The summed E-state index contributed by atoms with van der Waals surface area (Å²) >= 11 is 0. The van der Waals surface area contributed by atoms with Gasteiger partial charge in [-0.25, -0.2) is 0 Å². The van der Waals surface area contributed by atoms with Crippen molar-refractivity contribution >= 4 is 0 Å². The predicted molar refractivity (Wildman–Crippen MR) is 87.5 cm³/mol. The molecule has 0 saturated carbocycles. The van der Waals surface area contributed by atoms with Crippen molar-refractivity contribution in [1.82, 2.24) is 20.4 Å². The van der Waals surface area contributed by atoms with Crippen molar-refractivity contribution in [1.29, 1.82) is 0 Å². The average molecular weight is 314 g/mol. The number of likely N-dealkylation sites (tertiary alicyclic amines) is 1. The molecule has 0 bridgehead atoms. The second-order valence-corrected chi connectivity index (χ2v) is 6.20. The molecule has 3 heterocycles. The zero-order valence-corrected chi connectivity index (χ0v) is 13.3. The number of hydrogen-bond donors (Lipinski definition) is 2. The number of piperidine rings is 1. The van der Waals surface area contributed by atoms with Crippen LogP contribution in [0.15, 0.2) is 24.4 Å². The molecule has 0 aliphatic carbocycles. The van der Waals surface area contributed by atoms with Crippen LogP contribution in [0.1, 0.15) is 18.4 Å². The van der Waals surface area contributed by atoms with Gasteiger partial charge in [0.15, 0.2) is 11.5 Å². The summed E-state index contributed by atoms with van der Waals surface area (Å²) < 4.78 is 10.9. The zero-order chi connectivity index (χ0) is 15.6. The maximum absolute atomic E-state index is 5.48. The van der Waals surface area contributed by atoms with Crippen molar-refractivity contribution in [2.75, 3.05) is 26.9 Å². The number of fused-ring (bicyclic) bond motifs is 1. The lowest BCUT2D eigenvalue weighted by Gasteiger charge is -2.32. The van der Waals surface area contributed by atoms with Crippen molar-refractivity contribution in [3.63, 3.8) is 0 Å². The first kappa shape index (κ1) is 14.5. The summed E-state index contributed by atoms with van der Waals surface area (Å²) in [6.07, 6.45) is 4.43. The van der Waals surface area contributed by atoms with Gasteiger partial charge in [0, 0.05) is 30.3 Å². The van der Waals surface area contributed by atoms with Gasteiger partial charge in [0.05, 0.1) is 11.9 Å². The summed E-state index contributed by atoms with van der Waals surface area (Å²) in [6.45, 7) is 3.44. The summed E-state index contributed by atoms with van der Waals surface area (Å²) in [4.78, 5) is 2.49. The number of likely N-dealkylation sites (N-methyl/N-ethyl adjacent to an activating group) is 1. The van der Waals surface area contributed by atoms with Crippen molar-refractivity contribution < 1.29 is 9.47 Å². The monoisotopic (exact) mass is 314 g/mol. The van der Waals surface area contributed by atoms with E-state index in [-0.39, 0.29) is 0 Å². The molecular formula is C17H22N4O2. The fraction of sp³-hybridized carbons (Fsp3) is 0.471. The van der Waals surface area contributed by atoms with Crippen LogP contribution < -0.4 is 14.8 Å². The molecule has 6 heteroatoms. The smallest absolute Gasteiger partial charge is 0.231 e. The third-order valence-corrected chi connectivity index (χ3v) is 4.69. The Bertz CT molecular complexity index is 685. The van der Waals surface area contributed by atoms with Gasteiger partial charge in [-0.05, 0) is 44.6 Å². The summed E-state index contributed by atoms with van der Waals surface area (Å²) in [7, 11) is 2.05. The largest absolute Gasteiger partial charge is 0.454 e. The van der Waals surface area contributed by atoms with Crippen LogP contribution in [0.3, 0.4) is 0 Å². The van der Waals surface area contributed by atoms with Crippen molar-refractivity contribution in [3.05, 3.63) is 30.0 Å². The highest BCUT2D eigenvalue weighted by atomic mass is 16.7. The van der Waals surface area contributed by atoms with E-state index in [1.54, 1.807) is 0 Å². The van der Waals surface area contributed by atoms with Crippen LogP contribution in [0, 0.1) is 0 Å². The molecule has 1 atom stereocenters. The number of benzene rings is 1. The summed E-state index contributed by atoms with van der Waals surface area (Å²) in [5.41, 5.74) is 3.37. The molecule has 0 amide bonds. The minimum absolute atomic E-state index is 0.299. The van der Waals surface area contributed by atoms with Crippen molar-refractivity contribution in [2.24, 2.45) is 0 Å². The van der Waals surface area contributed by atoms with Gasteiger partial charge in [0.25, 0.3) is 0 Å². The Morgan fingerprint density at radius 3 is 3.17 bits per heavy atom. The molecule has 23 heavy (non-hydrogen) atoms. The van der Waals surface area contributed by atoms with Gasteiger partial charge < -0.3 is 14.8 Å². The average Bonchev–Trinajstić information content (AvgIpc) is 3.23. The fourth-order valence-electron chi connectivity index (χ4n) is 3.41. The van der Waals surface area contributed by atoms with E-state index in [2.05, 4.69) is 26.5 Å². The summed E-state index contributed by atoms with van der Waals surface area (Å²) in [5.74, 6) is 1.61. The van der Waals surface area contributed by atoms with Crippen LogP contribution in [-0.2, 0) is 6.54 Å². The van der Waals surface area contributed by atoms with E-state index in [1.807, 2.05) is 25.4 Å². The Morgan fingerprint density at radius 1 is 1.35 bits per heavy atom. The number of rotatable bonds is 4. The predicted octanol–water partition coefficient (Wildman–Crippen LogP) is 1.99. The molecule has 6 nitrogen and oxygen atoms in total. The van der Waals surface area contributed by atoms with Gasteiger partial charge >= 0.3 is 0 Å². The molecule has 122 valence electrons. The third kappa shape index (κ3) is 2.92. The highest BCUT2D eigenvalue weighted by Gasteiger charge is 2.21. The zero-order valence-electron chi connectivity index (χ0n) is 13.3. The Hall–Kier alpha value is -2.05. The number of nitrogens with zero attached hydrogens (tertiary/aromatic N) is 2. The maximum atomic E-state index is 5.48. The molecule has 1 fully saturated rings. The second kappa shape index (κ2) is 6.22. The molecule has 2 aromatic rings. The van der Waals surface area contributed by atoms with E-state index in [1.165, 1.54) is 18.4 Å². The first-order valence-corrected chi connectivity index (χ1v) is 8.15. The fourth-order valence-corrected chi connectivity index (χ4v) is 3.41. The SMILES string of the molecule is CNC1CCCN(Cc2cn[nH]c2-c2ccc3c(c2)OCO3)C1. The molecule has 2 N–H and O–H groups in total. The Morgan fingerprint density at radius 2 is 2.26 bits per heavy atom. The van der Waals surface area contributed by atoms with Crippen molar-refractivity contribution in [2.45, 2.75) is 25.4 Å². The van der Waals surface area contributed by atoms with Crippen LogP contribution in [-0.4, -0.2) is 48.1 Å². The van der Waals surface area contributed by atoms with Crippen LogP contribution in [0.4, 0.5) is 0 Å². The highest BCUT2D eigenvalue weighted by molar-refractivity contribution is 5.66. The molecular weight excluding hydrogens is 292 g/mol. The number of nitrogens with one attached hydrogen (secondary N) is 2. The summed E-state index contributed by atoms with van der Waals surface area (Å²) in [5, 5.41) is 10.8. The lowest BCUT2D eigenvalue weighted by Crippen LogP contribution is -2.43. The highest BCUT2D eigenvalue weighted by Crippen LogP contribution is 2.36. The van der Waals surface area contributed by atoms with E-state index in [0.29, 0.717) is 12.8 Å². The van der Waals surface area contributed by atoms with E-state index in [9.17, 15) is 0 Å². The Kier molecular flexibility index (Phi) is 3.93. The van der Waals surface area contributed by atoms with E-state index < -0.39 is 0 Å². The third-order valence-electron chi connectivity index (χ3n) is 4.69. The van der Waals surface area contributed by atoms with E-state index in [0.717, 1.165) is 42.4 Å². The van der Waals surface area contributed by atoms with E-state index in [4.69, 9.17) is 9.47 Å². The normalized spacial score (nSPS) is 20.8. The summed E-state index contributed by atoms with van der Waals surface area (Å²) in [6, 6.07) is 6.62. The molecule has 1 aromatic heterocycles. The molecule has 0 spiro atoms. The van der Waals surface area contributed by atoms with Crippen LogP contribution in [0.2, 0.25) is 0 Å². The molecule has 2 aliphatic heterocycles. The number of hydrogen-bond acceptors (Lipinski definition) is 5. The lowest BCUT2D eigenvalue weighted by molar-refractivity contribution is 0.174. The molecule has 1 unspecified atom stereocenters. The minimum Gasteiger partial charge on any atom is -0.454 e. The molecule has 0 radical (unpaired) electrons. The molecule has 4 rings (SSSR count). The van der Waals surface area contributed by atoms with Gasteiger partial charge in [0.1, 0.15) is 0 Å². The van der Waals surface area contributed by atoms with Crippen LogP contribution in [0.25, 0.3) is 11.3 Å². The van der Waals surface area contributed by atoms with Crippen LogP contribution >= 0.6 is 0 Å². The Balaban J connectivity index is 1.54. The Labute approximate surface area is 135 Å². The number of aromatic amines is 1. The quantitative estimate of drug-likeness (QED) is 0.904. The second-order valence-electron chi connectivity index (χ2n) is 6.20. The van der Waals surface area contributed by atoms with Crippen LogP contribution in [0.5, 0.6) is 11.5 Å². The van der Waals surface area contributed by atoms with Gasteiger partial charge in [-0.15, -0.1) is 0 Å². The van der Waals surface area contributed by atoms with Gasteiger partial charge in [-0.1, -0.05) is 0 Å². The molecule has 1 saturated heterocycles. The molecule has 1 aromatic carbocycles. The van der Waals surface area contributed by atoms with E-state index >= 15 is 0 Å². The number of aromatic nitrogens is 2.